The molecular weight excluding hydrogens is 433 g/mol. The molecule has 0 aliphatic carbocycles. The molecule has 2 aromatic carbocycles. The van der Waals surface area contributed by atoms with Crippen molar-refractivity contribution in [1.82, 2.24) is 5.32 Å². The van der Waals surface area contributed by atoms with Gasteiger partial charge in [0, 0.05) is 12.1 Å². The molecule has 0 saturated heterocycles. The van der Waals surface area contributed by atoms with Crippen LogP contribution in [-0.4, -0.2) is 36.5 Å². The van der Waals surface area contributed by atoms with E-state index in [0.29, 0.717) is 12.1 Å². The van der Waals surface area contributed by atoms with Gasteiger partial charge in [-0.15, -0.1) is 0 Å². The molecular formula is C18H14F9NO2. The van der Waals surface area contributed by atoms with Crippen LogP contribution in [0.1, 0.15) is 17.2 Å². The first-order valence-electron chi connectivity index (χ1n) is 8.19. The van der Waals surface area contributed by atoms with Crippen LogP contribution in [0.25, 0.3) is 0 Å². The first-order valence-corrected chi connectivity index (χ1v) is 8.19. The SMILES string of the molecule is OC(CNC(c1cccc(OC(F)(F)C(F)F)c1)c1cc(F)ccc1F)C(F)(F)F. The lowest BCUT2D eigenvalue weighted by Crippen LogP contribution is -2.40. The second kappa shape index (κ2) is 9.13. The number of alkyl halides is 7. The first kappa shape index (κ1) is 23.8. The number of benzene rings is 2. The van der Waals surface area contributed by atoms with E-state index in [-0.39, 0.29) is 5.56 Å². The summed E-state index contributed by atoms with van der Waals surface area (Å²) in [5.41, 5.74) is -0.724. The summed E-state index contributed by atoms with van der Waals surface area (Å²) in [6, 6.07) is 4.29. The Bertz CT molecular complexity index is 858. The molecule has 30 heavy (non-hydrogen) atoms. The average Bonchev–Trinajstić information content (AvgIpc) is 2.63. The zero-order valence-electron chi connectivity index (χ0n) is 14.7. The van der Waals surface area contributed by atoms with Crippen molar-refractivity contribution < 1.29 is 49.4 Å². The van der Waals surface area contributed by atoms with Crippen LogP contribution < -0.4 is 10.1 Å². The number of hydrogen-bond acceptors (Lipinski definition) is 3. The van der Waals surface area contributed by atoms with Crippen molar-refractivity contribution in [2.24, 2.45) is 0 Å². The molecule has 166 valence electrons. The molecule has 2 rings (SSSR count). The molecule has 0 aliphatic heterocycles. The number of aliphatic hydroxyl groups is 1. The zero-order chi connectivity index (χ0) is 22.7. The van der Waals surface area contributed by atoms with Crippen molar-refractivity contribution in [2.45, 2.75) is 30.9 Å². The lowest BCUT2D eigenvalue weighted by Gasteiger charge is -2.24. The zero-order valence-corrected chi connectivity index (χ0v) is 14.7. The largest absolute Gasteiger partial charge is 0.461 e. The van der Waals surface area contributed by atoms with Gasteiger partial charge >= 0.3 is 18.7 Å². The maximum atomic E-state index is 14.2. The standard InChI is InChI=1S/C18H14F9NO2/c19-10-4-5-13(20)12(7-10)15(28-8-14(29)17(23,24)25)9-2-1-3-11(6-9)30-18(26,27)16(21)22/h1-7,14-16,28-29H,8H2. The van der Waals surface area contributed by atoms with Crippen LogP contribution in [0.3, 0.4) is 0 Å². The average molecular weight is 447 g/mol. The summed E-state index contributed by atoms with van der Waals surface area (Å²) in [6.07, 6.45) is -16.9. The van der Waals surface area contributed by atoms with Gasteiger partial charge in [0.25, 0.3) is 0 Å². The molecule has 2 atom stereocenters. The Balaban J connectivity index is 2.42. The first-order chi connectivity index (χ1) is 13.8. The molecule has 2 unspecified atom stereocenters. The maximum absolute atomic E-state index is 14.2. The Hall–Kier alpha value is -2.47. The van der Waals surface area contributed by atoms with Crippen molar-refractivity contribution in [1.29, 1.82) is 0 Å². The molecule has 0 spiro atoms. The molecule has 0 aliphatic rings. The van der Waals surface area contributed by atoms with Crippen LogP contribution in [0.4, 0.5) is 39.5 Å². The van der Waals surface area contributed by atoms with E-state index in [1.54, 1.807) is 0 Å². The lowest BCUT2D eigenvalue weighted by molar-refractivity contribution is -0.253. The molecule has 3 nitrogen and oxygen atoms in total. The van der Waals surface area contributed by atoms with E-state index >= 15 is 0 Å². The monoisotopic (exact) mass is 447 g/mol. The van der Waals surface area contributed by atoms with Crippen molar-refractivity contribution in [3.63, 3.8) is 0 Å². The number of halogens is 9. The number of nitrogens with one attached hydrogen (secondary N) is 1. The summed E-state index contributed by atoms with van der Waals surface area (Å²) >= 11 is 0. The minimum Gasteiger partial charge on any atom is -0.428 e. The van der Waals surface area contributed by atoms with Crippen molar-refractivity contribution >= 4 is 0 Å². The topological polar surface area (TPSA) is 41.5 Å². The molecule has 0 radical (unpaired) electrons. The van der Waals surface area contributed by atoms with Gasteiger partial charge in [0.2, 0.25) is 0 Å². The number of ether oxygens (including phenoxy) is 1. The van der Waals surface area contributed by atoms with E-state index in [9.17, 15) is 39.5 Å². The maximum Gasteiger partial charge on any atom is 0.461 e. The van der Waals surface area contributed by atoms with Gasteiger partial charge in [-0.3, -0.25) is 0 Å². The van der Waals surface area contributed by atoms with Gasteiger partial charge in [-0.1, -0.05) is 12.1 Å². The van der Waals surface area contributed by atoms with Crippen LogP contribution in [-0.2, 0) is 0 Å². The number of aliphatic hydroxyl groups excluding tert-OH is 1. The molecule has 2 N–H and O–H groups in total. The van der Waals surface area contributed by atoms with Gasteiger partial charge in [-0.2, -0.15) is 30.7 Å². The van der Waals surface area contributed by atoms with Crippen LogP contribution in [0.15, 0.2) is 42.5 Å². The molecule has 12 heteroatoms. The molecule has 0 aromatic heterocycles. The van der Waals surface area contributed by atoms with Crippen LogP contribution in [0.5, 0.6) is 5.75 Å². The summed E-state index contributed by atoms with van der Waals surface area (Å²) < 4.78 is 120. The molecule has 0 amide bonds. The summed E-state index contributed by atoms with van der Waals surface area (Å²) in [5.74, 6) is -2.80. The van der Waals surface area contributed by atoms with E-state index in [1.165, 1.54) is 0 Å². The Kier molecular flexibility index (Phi) is 7.24. The van der Waals surface area contributed by atoms with Crippen LogP contribution in [0, 0.1) is 11.6 Å². The third kappa shape index (κ3) is 6.02. The van der Waals surface area contributed by atoms with E-state index in [4.69, 9.17) is 5.11 Å². The highest BCUT2D eigenvalue weighted by Gasteiger charge is 2.44. The molecule has 2 aromatic rings. The van der Waals surface area contributed by atoms with Gasteiger partial charge in [0.1, 0.15) is 17.4 Å². The normalized spacial score (nSPS) is 14.6. The smallest absolute Gasteiger partial charge is 0.428 e. The second-order valence-electron chi connectivity index (χ2n) is 6.10. The number of hydrogen-bond donors (Lipinski definition) is 2. The van der Waals surface area contributed by atoms with E-state index in [2.05, 4.69) is 10.1 Å². The minimum absolute atomic E-state index is 0.212. The van der Waals surface area contributed by atoms with Crippen molar-refractivity contribution in [2.75, 3.05) is 6.54 Å². The third-order valence-corrected chi connectivity index (χ3v) is 3.86. The summed E-state index contributed by atoms with van der Waals surface area (Å²) in [5, 5.41) is 11.3. The molecule has 0 fully saturated rings. The Morgan fingerprint density at radius 2 is 1.63 bits per heavy atom. The fraction of sp³-hybridized carbons (Fsp3) is 0.333. The predicted molar refractivity (Wildman–Crippen MR) is 86.3 cm³/mol. The Labute approximate surface area is 164 Å². The van der Waals surface area contributed by atoms with Gasteiger partial charge in [0.05, 0.1) is 6.04 Å². The minimum atomic E-state index is -5.03. The predicted octanol–water partition coefficient (Wildman–Crippen LogP) is 4.80. The van der Waals surface area contributed by atoms with Gasteiger partial charge in [-0.25, -0.2) is 8.78 Å². The number of rotatable bonds is 8. The van der Waals surface area contributed by atoms with E-state index in [0.717, 1.165) is 30.3 Å². The quantitative estimate of drug-likeness (QED) is 0.572. The Morgan fingerprint density at radius 1 is 0.967 bits per heavy atom. The van der Waals surface area contributed by atoms with E-state index in [1.807, 2.05) is 0 Å². The van der Waals surface area contributed by atoms with Crippen LogP contribution in [0.2, 0.25) is 0 Å². The summed E-state index contributed by atoms with van der Waals surface area (Å²) in [7, 11) is 0. The van der Waals surface area contributed by atoms with E-state index < -0.39 is 60.3 Å². The van der Waals surface area contributed by atoms with Crippen molar-refractivity contribution in [3.8, 4) is 5.75 Å². The third-order valence-electron chi connectivity index (χ3n) is 3.86. The van der Waals surface area contributed by atoms with Gasteiger partial charge < -0.3 is 15.2 Å². The van der Waals surface area contributed by atoms with Gasteiger partial charge in [-0.05, 0) is 35.9 Å². The van der Waals surface area contributed by atoms with Crippen LogP contribution >= 0.6 is 0 Å². The van der Waals surface area contributed by atoms with Crippen molar-refractivity contribution in [3.05, 3.63) is 65.2 Å². The highest BCUT2D eigenvalue weighted by molar-refractivity contribution is 5.37. The van der Waals surface area contributed by atoms with Gasteiger partial charge in [0.15, 0.2) is 6.10 Å². The molecule has 0 saturated carbocycles. The molecule has 0 bridgehead atoms. The Morgan fingerprint density at radius 3 is 2.23 bits per heavy atom. The lowest BCUT2D eigenvalue weighted by atomic mass is 9.97. The highest BCUT2D eigenvalue weighted by atomic mass is 19.4. The summed E-state index contributed by atoms with van der Waals surface area (Å²) in [6.45, 7) is -1.16. The summed E-state index contributed by atoms with van der Waals surface area (Å²) in [4.78, 5) is 0. The molecule has 0 heterocycles. The second-order valence-corrected chi connectivity index (χ2v) is 6.10. The highest BCUT2D eigenvalue weighted by Crippen LogP contribution is 2.32. The fourth-order valence-corrected chi connectivity index (χ4v) is 2.45. The fourth-order valence-electron chi connectivity index (χ4n) is 2.45.